The Balaban J connectivity index is 2.80. The highest BCUT2D eigenvalue weighted by atomic mass is 35.5. The van der Waals surface area contributed by atoms with Gasteiger partial charge < -0.3 is 9.64 Å². The van der Waals surface area contributed by atoms with Gasteiger partial charge >= 0.3 is 0 Å². The van der Waals surface area contributed by atoms with Crippen molar-refractivity contribution in [3.05, 3.63) is 22.8 Å². The molecule has 0 fully saturated rings. The summed E-state index contributed by atoms with van der Waals surface area (Å²) in [5, 5.41) is 9.22. The lowest BCUT2D eigenvalue weighted by Crippen LogP contribution is -2.28. The van der Waals surface area contributed by atoms with E-state index >= 15 is 0 Å². The molecule has 5 heteroatoms. The van der Waals surface area contributed by atoms with Crippen molar-refractivity contribution < 1.29 is 4.74 Å². The fourth-order valence-corrected chi connectivity index (χ4v) is 1.67. The number of pyridine rings is 1. The predicted octanol–water partition coefficient (Wildman–Crippen LogP) is 2.47. The minimum Gasteiger partial charge on any atom is -0.380 e. The van der Waals surface area contributed by atoms with Crippen LogP contribution in [0.1, 0.15) is 19.4 Å². The molecule has 1 heterocycles. The fraction of sp³-hybridized carbons (Fsp3) is 0.500. The molecule has 0 saturated heterocycles. The Hall–Kier alpha value is -1.31. The van der Waals surface area contributed by atoms with Gasteiger partial charge in [0.1, 0.15) is 11.0 Å². The maximum atomic E-state index is 8.88. The zero-order chi connectivity index (χ0) is 12.7. The molecule has 4 nitrogen and oxygen atoms in total. The van der Waals surface area contributed by atoms with Gasteiger partial charge in [-0.3, -0.25) is 0 Å². The smallest absolute Gasteiger partial charge is 0.132 e. The highest BCUT2D eigenvalue weighted by Gasteiger charge is 2.08. The van der Waals surface area contributed by atoms with Gasteiger partial charge in [-0.05, 0) is 26.0 Å². The Labute approximate surface area is 107 Å². The molecule has 1 aromatic rings. The van der Waals surface area contributed by atoms with Gasteiger partial charge in [0.15, 0.2) is 0 Å². The first kappa shape index (κ1) is 13.8. The third-order valence-electron chi connectivity index (χ3n) is 2.33. The normalized spacial score (nSPS) is 10.0. The zero-order valence-electron chi connectivity index (χ0n) is 10.1. The maximum absolute atomic E-state index is 8.88. The van der Waals surface area contributed by atoms with Crippen LogP contribution in [-0.2, 0) is 4.74 Å². The first-order valence-electron chi connectivity index (χ1n) is 5.61. The summed E-state index contributed by atoms with van der Waals surface area (Å²) in [5.41, 5.74) is 0.523. The molecule has 0 aliphatic rings. The van der Waals surface area contributed by atoms with E-state index in [0.29, 0.717) is 23.9 Å². The number of hydrogen-bond acceptors (Lipinski definition) is 4. The van der Waals surface area contributed by atoms with Crippen molar-refractivity contribution in [3.63, 3.8) is 0 Å². The van der Waals surface area contributed by atoms with Crippen LogP contribution in [0, 0.1) is 11.3 Å². The summed E-state index contributed by atoms with van der Waals surface area (Å²) in [6.45, 7) is 6.86. The van der Waals surface area contributed by atoms with Gasteiger partial charge in [0.25, 0.3) is 0 Å². The Morgan fingerprint density at radius 3 is 2.82 bits per heavy atom. The van der Waals surface area contributed by atoms with E-state index < -0.39 is 0 Å². The van der Waals surface area contributed by atoms with E-state index in [1.54, 1.807) is 12.1 Å². The van der Waals surface area contributed by atoms with E-state index in [9.17, 15) is 0 Å². The van der Waals surface area contributed by atoms with Crippen molar-refractivity contribution in [1.29, 1.82) is 5.26 Å². The topological polar surface area (TPSA) is 49.1 Å². The standard InChI is InChI=1S/C12H16ClN3O/c1-3-16(5-6-17-4-2)12-8-10(9-14)7-11(13)15-12/h7-8H,3-6H2,1-2H3. The van der Waals surface area contributed by atoms with Gasteiger partial charge in [0, 0.05) is 19.7 Å². The third kappa shape index (κ3) is 4.22. The first-order chi connectivity index (χ1) is 8.21. The summed E-state index contributed by atoms with van der Waals surface area (Å²) >= 11 is 5.87. The average molecular weight is 254 g/mol. The van der Waals surface area contributed by atoms with Gasteiger partial charge in [-0.25, -0.2) is 4.98 Å². The number of aromatic nitrogens is 1. The minimum atomic E-state index is 0.342. The Bertz CT molecular complexity index is 403. The molecular weight excluding hydrogens is 238 g/mol. The number of anilines is 1. The van der Waals surface area contributed by atoms with Gasteiger partial charge in [-0.15, -0.1) is 0 Å². The van der Waals surface area contributed by atoms with Gasteiger partial charge in [0.2, 0.25) is 0 Å². The number of rotatable bonds is 6. The van der Waals surface area contributed by atoms with Crippen LogP contribution in [0.2, 0.25) is 5.15 Å². The molecule has 0 atom stereocenters. The molecule has 0 unspecified atom stereocenters. The van der Waals surface area contributed by atoms with Crippen molar-refractivity contribution >= 4 is 17.4 Å². The number of ether oxygens (including phenoxy) is 1. The molecule has 92 valence electrons. The van der Waals surface area contributed by atoms with Crippen molar-refractivity contribution in [3.8, 4) is 6.07 Å². The van der Waals surface area contributed by atoms with E-state index in [-0.39, 0.29) is 0 Å². The second-order valence-corrected chi connectivity index (χ2v) is 3.81. The van der Waals surface area contributed by atoms with Crippen LogP contribution in [0.25, 0.3) is 0 Å². The summed E-state index contributed by atoms with van der Waals surface area (Å²) in [7, 11) is 0. The van der Waals surface area contributed by atoms with E-state index in [0.717, 1.165) is 18.9 Å². The second-order valence-electron chi connectivity index (χ2n) is 3.43. The van der Waals surface area contributed by atoms with Crippen molar-refractivity contribution in [1.82, 2.24) is 4.98 Å². The number of likely N-dealkylation sites (N-methyl/N-ethyl adjacent to an activating group) is 1. The van der Waals surface area contributed by atoms with E-state index in [1.807, 2.05) is 18.7 Å². The largest absolute Gasteiger partial charge is 0.380 e. The van der Waals surface area contributed by atoms with E-state index in [1.165, 1.54) is 0 Å². The molecule has 0 bridgehead atoms. The molecule has 0 aromatic carbocycles. The molecule has 0 spiro atoms. The van der Waals surface area contributed by atoms with Crippen molar-refractivity contribution in [2.45, 2.75) is 13.8 Å². The monoisotopic (exact) mass is 253 g/mol. The lowest BCUT2D eigenvalue weighted by atomic mass is 10.3. The Morgan fingerprint density at radius 1 is 1.47 bits per heavy atom. The quantitative estimate of drug-likeness (QED) is 0.577. The van der Waals surface area contributed by atoms with Gasteiger partial charge in [-0.2, -0.15) is 5.26 Å². The van der Waals surface area contributed by atoms with Crippen molar-refractivity contribution in [2.75, 3.05) is 31.2 Å². The summed E-state index contributed by atoms with van der Waals surface area (Å²) < 4.78 is 5.31. The summed E-state index contributed by atoms with van der Waals surface area (Å²) in [6.07, 6.45) is 0. The molecule has 1 aromatic heterocycles. The molecule has 0 radical (unpaired) electrons. The molecule has 0 amide bonds. The number of nitrogens with zero attached hydrogens (tertiary/aromatic N) is 3. The Morgan fingerprint density at radius 2 is 2.24 bits per heavy atom. The molecule has 0 aliphatic carbocycles. The number of halogens is 1. The predicted molar refractivity (Wildman–Crippen MR) is 68.3 cm³/mol. The molecule has 0 N–H and O–H groups in total. The highest BCUT2D eigenvalue weighted by molar-refractivity contribution is 6.29. The van der Waals surface area contributed by atoms with Crippen LogP contribution in [-0.4, -0.2) is 31.3 Å². The van der Waals surface area contributed by atoms with Gasteiger partial charge in [-0.1, -0.05) is 11.6 Å². The number of hydrogen-bond donors (Lipinski definition) is 0. The van der Waals surface area contributed by atoms with Gasteiger partial charge in [0.05, 0.1) is 18.2 Å². The van der Waals surface area contributed by atoms with Crippen LogP contribution >= 0.6 is 11.6 Å². The van der Waals surface area contributed by atoms with Crippen LogP contribution in [0.15, 0.2) is 12.1 Å². The molecule has 0 aliphatic heterocycles. The minimum absolute atomic E-state index is 0.342. The fourth-order valence-electron chi connectivity index (χ4n) is 1.46. The van der Waals surface area contributed by atoms with Crippen LogP contribution in [0.5, 0.6) is 0 Å². The summed E-state index contributed by atoms with van der Waals surface area (Å²) in [5.74, 6) is 0.719. The van der Waals surface area contributed by atoms with Crippen LogP contribution < -0.4 is 4.90 Å². The average Bonchev–Trinajstić information content (AvgIpc) is 2.34. The molecular formula is C12H16ClN3O. The third-order valence-corrected chi connectivity index (χ3v) is 2.52. The molecule has 1 rings (SSSR count). The summed E-state index contributed by atoms with van der Waals surface area (Å²) in [4.78, 5) is 6.25. The maximum Gasteiger partial charge on any atom is 0.132 e. The lowest BCUT2D eigenvalue weighted by molar-refractivity contribution is 0.154. The number of nitriles is 1. The van der Waals surface area contributed by atoms with E-state index in [4.69, 9.17) is 21.6 Å². The lowest BCUT2D eigenvalue weighted by Gasteiger charge is -2.21. The first-order valence-corrected chi connectivity index (χ1v) is 5.99. The second kappa shape index (κ2) is 7.10. The Kier molecular flexibility index (Phi) is 5.75. The molecule has 17 heavy (non-hydrogen) atoms. The van der Waals surface area contributed by atoms with Crippen LogP contribution in [0.3, 0.4) is 0 Å². The SMILES string of the molecule is CCOCCN(CC)c1cc(C#N)cc(Cl)n1. The molecule has 0 saturated carbocycles. The van der Waals surface area contributed by atoms with E-state index in [2.05, 4.69) is 11.1 Å². The summed E-state index contributed by atoms with van der Waals surface area (Å²) in [6, 6.07) is 5.37. The van der Waals surface area contributed by atoms with Crippen molar-refractivity contribution in [2.24, 2.45) is 0 Å². The van der Waals surface area contributed by atoms with Crippen LogP contribution in [0.4, 0.5) is 5.82 Å². The zero-order valence-corrected chi connectivity index (χ0v) is 10.9. The highest BCUT2D eigenvalue weighted by Crippen LogP contribution is 2.17.